The molecule has 1 fully saturated rings. The van der Waals surface area contributed by atoms with Crippen molar-refractivity contribution in [1.82, 2.24) is 4.90 Å². The van der Waals surface area contributed by atoms with Gasteiger partial charge in [-0.1, -0.05) is 49.5 Å². The van der Waals surface area contributed by atoms with Crippen LogP contribution in [0.4, 0.5) is 5.69 Å². The molecular formula is C18H24N2OS2. The number of carbonyl (C=O) groups excluding carboxylic acids is 1. The maximum atomic E-state index is 12.4. The van der Waals surface area contributed by atoms with Crippen LogP contribution in [0.2, 0.25) is 0 Å². The number of hydrogen-bond donors (Lipinski definition) is 0. The van der Waals surface area contributed by atoms with Gasteiger partial charge < -0.3 is 4.90 Å². The molecule has 1 heterocycles. The molecule has 0 unspecified atom stereocenters. The largest absolute Gasteiger partial charge is 0.372 e. The van der Waals surface area contributed by atoms with Crippen LogP contribution in [0.1, 0.15) is 39.2 Å². The molecule has 3 nitrogen and oxygen atoms in total. The van der Waals surface area contributed by atoms with Crippen molar-refractivity contribution in [3.05, 3.63) is 34.7 Å². The quantitative estimate of drug-likeness (QED) is 0.533. The van der Waals surface area contributed by atoms with E-state index in [2.05, 4.69) is 49.9 Å². The summed E-state index contributed by atoms with van der Waals surface area (Å²) in [5, 5.41) is 0. The van der Waals surface area contributed by atoms with Gasteiger partial charge in [-0.25, -0.2) is 0 Å². The van der Waals surface area contributed by atoms with Crippen molar-refractivity contribution in [2.24, 2.45) is 0 Å². The average Bonchev–Trinajstić information content (AvgIpc) is 2.82. The molecule has 0 aliphatic carbocycles. The van der Waals surface area contributed by atoms with E-state index in [1.165, 1.54) is 17.4 Å². The maximum absolute atomic E-state index is 12.4. The third-order valence-electron chi connectivity index (χ3n) is 3.93. The van der Waals surface area contributed by atoms with Crippen molar-refractivity contribution in [3.8, 4) is 0 Å². The number of thiocarbonyl (C=S) groups is 1. The molecule has 5 heteroatoms. The van der Waals surface area contributed by atoms with Gasteiger partial charge in [0.05, 0.1) is 4.91 Å². The second-order valence-corrected chi connectivity index (χ2v) is 7.13. The molecule has 0 N–H and O–H groups in total. The lowest BCUT2D eigenvalue weighted by Gasteiger charge is -2.20. The number of carbonyl (C=O) groups is 1. The molecule has 1 aromatic rings. The van der Waals surface area contributed by atoms with Crippen LogP contribution in [0.5, 0.6) is 0 Å². The third kappa shape index (κ3) is 4.36. The Balaban J connectivity index is 2.13. The smallest absolute Gasteiger partial charge is 0.266 e. The molecule has 2 rings (SSSR count). The van der Waals surface area contributed by atoms with Gasteiger partial charge in [0, 0.05) is 25.3 Å². The number of unbranched alkanes of at least 4 members (excludes halogenated alkanes) is 1. The zero-order chi connectivity index (χ0) is 16.8. The van der Waals surface area contributed by atoms with E-state index in [0.717, 1.165) is 42.9 Å². The maximum Gasteiger partial charge on any atom is 0.266 e. The third-order valence-corrected chi connectivity index (χ3v) is 5.31. The number of nitrogens with zero attached hydrogens (tertiary/aromatic N) is 2. The highest BCUT2D eigenvalue weighted by Crippen LogP contribution is 2.32. The van der Waals surface area contributed by atoms with Gasteiger partial charge in [-0.3, -0.25) is 9.69 Å². The Bertz CT molecular complexity index is 592. The number of amides is 1. The summed E-state index contributed by atoms with van der Waals surface area (Å²) < 4.78 is 0.675. The van der Waals surface area contributed by atoms with Gasteiger partial charge in [0.2, 0.25) is 0 Å². The number of hydrogen-bond acceptors (Lipinski definition) is 4. The summed E-state index contributed by atoms with van der Waals surface area (Å²) in [6.45, 7) is 9.13. The van der Waals surface area contributed by atoms with Gasteiger partial charge >= 0.3 is 0 Å². The molecule has 1 amide bonds. The minimum absolute atomic E-state index is 0.0428. The lowest BCUT2D eigenvalue weighted by atomic mass is 10.1. The number of anilines is 1. The topological polar surface area (TPSA) is 23.6 Å². The molecule has 1 aliphatic rings. The Morgan fingerprint density at radius 2 is 1.83 bits per heavy atom. The first-order valence-corrected chi connectivity index (χ1v) is 9.43. The molecule has 0 radical (unpaired) electrons. The Labute approximate surface area is 148 Å². The fourth-order valence-electron chi connectivity index (χ4n) is 2.53. The molecule has 1 aliphatic heterocycles. The van der Waals surface area contributed by atoms with Crippen LogP contribution in [-0.4, -0.2) is 34.8 Å². The van der Waals surface area contributed by atoms with Crippen molar-refractivity contribution in [2.45, 2.75) is 33.6 Å². The van der Waals surface area contributed by atoms with Crippen LogP contribution in [0.15, 0.2) is 29.2 Å². The van der Waals surface area contributed by atoms with Crippen LogP contribution < -0.4 is 4.90 Å². The van der Waals surface area contributed by atoms with Gasteiger partial charge in [-0.2, -0.15) is 0 Å². The monoisotopic (exact) mass is 348 g/mol. The highest BCUT2D eigenvalue weighted by atomic mass is 32.2. The van der Waals surface area contributed by atoms with Gasteiger partial charge in [0.25, 0.3) is 5.91 Å². The Hall–Kier alpha value is -1.33. The molecule has 124 valence electrons. The van der Waals surface area contributed by atoms with Crippen molar-refractivity contribution < 1.29 is 4.79 Å². The fraction of sp³-hybridized carbons (Fsp3) is 0.444. The summed E-state index contributed by atoms with van der Waals surface area (Å²) in [7, 11) is 0. The van der Waals surface area contributed by atoms with Crippen molar-refractivity contribution in [2.75, 3.05) is 24.5 Å². The van der Waals surface area contributed by atoms with Gasteiger partial charge in [-0.15, -0.1) is 0 Å². The lowest BCUT2D eigenvalue weighted by Crippen LogP contribution is -2.28. The first-order chi connectivity index (χ1) is 11.1. The zero-order valence-corrected chi connectivity index (χ0v) is 15.7. The van der Waals surface area contributed by atoms with Gasteiger partial charge in [0.15, 0.2) is 0 Å². The van der Waals surface area contributed by atoms with E-state index >= 15 is 0 Å². The second kappa shape index (κ2) is 8.50. The molecule has 0 spiro atoms. The molecule has 0 aromatic heterocycles. The van der Waals surface area contributed by atoms with E-state index in [1.807, 2.05) is 6.08 Å². The van der Waals surface area contributed by atoms with Crippen molar-refractivity contribution in [3.63, 3.8) is 0 Å². The fourth-order valence-corrected chi connectivity index (χ4v) is 3.84. The van der Waals surface area contributed by atoms with E-state index in [-0.39, 0.29) is 5.91 Å². The minimum Gasteiger partial charge on any atom is -0.372 e. The number of rotatable bonds is 7. The minimum atomic E-state index is 0.0428. The SMILES string of the molecule is CCCCN1C(=O)/C(=C\c2ccc(N(CC)CC)cc2)SC1=S. The van der Waals surface area contributed by atoms with Crippen molar-refractivity contribution >= 4 is 46.0 Å². The summed E-state index contributed by atoms with van der Waals surface area (Å²) in [6, 6.07) is 8.34. The van der Waals surface area contributed by atoms with E-state index in [0.29, 0.717) is 4.32 Å². The number of benzene rings is 1. The first-order valence-electron chi connectivity index (χ1n) is 8.21. The van der Waals surface area contributed by atoms with Crippen LogP contribution in [0.25, 0.3) is 6.08 Å². The summed E-state index contributed by atoms with van der Waals surface area (Å²) in [4.78, 5) is 17.2. The molecular weight excluding hydrogens is 324 g/mol. The molecule has 0 saturated carbocycles. The molecule has 0 atom stereocenters. The zero-order valence-electron chi connectivity index (χ0n) is 14.0. The molecule has 1 saturated heterocycles. The predicted octanol–water partition coefficient (Wildman–Crippen LogP) is 4.53. The Kier molecular flexibility index (Phi) is 6.66. The van der Waals surface area contributed by atoms with Gasteiger partial charge in [0.1, 0.15) is 4.32 Å². The standard InChI is InChI=1S/C18H24N2OS2/c1-4-7-12-20-17(21)16(23-18(20)22)13-14-8-10-15(11-9-14)19(5-2)6-3/h8-11,13H,4-7,12H2,1-3H3/b16-13+. The molecule has 1 aromatic carbocycles. The van der Waals surface area contributed by atoms with E-state index in [4.69, 9.17) is 12.2 Å². The Morgan fingerprint density at radius 1 is 1.17 bits per heavy atom. The molecule has 0 bridgehead atoms. The van der Waals surface area contributed by atoms with Crippen LogP contribution in [0, 0.1) is 0 Å². The number of thioether (sulfide) groups is 1. The van der Waals surface area contributed by atoms with Crippen LogP contribution in [-0.2, 0) is 4.79 Å². The van der Waals surface area contributed by atoms with Crippen molar-refractivity contribution in [1.29, 1.82) is 0 Å². The van der Waals surface area contributed by atoms with Crippen LogP contribution in [0.3, 0.4) is 0 Å². The highest BCUT2D eigenvalue weighted by Gasteiger charge is 2.31. The summed E-state index contributed by atoms with van der Waals surface area (Å²) in [6.07, 6.45) is 3.98. The molecule has 23 heavy (non-hydrogen) atoms. The summed E-state index contributed by atoms with van der Waals surface area (Å²) in [5.41, 5.74) is 2.25. The van der Waals surface area contributed by atoms with E-state index in [1.54, 1.807) is 4.90 Å². The summed E-state index contributed by atoms with van der Waals surface area (Å²) in [5.74, 6) is 0.0428. The predicted molar refractivity (Wildman–Crippen MR) is 105 cm³/mol. The van der Waals surface area contributed by atoms with Gasteiger partial charge in [-0.05, 0) is 44.0 Å². The summed E-state index contributed by atoms with van der Waals surface area (Å²) >= 11 is 6.74. The second-order valence-electron chi connectivity index (χ2n) is 5.45. The Morgan fingerprint density at radius 3 is 2.39 bits per heavy atom. The van der Waals surface area contributed by atoms with Crippen LogP contribution >= 0.6 is 24.0 Å². The average molecular weight is 349 g/mol. The van der Waals surface area contributed by atoms with E-state index < -0.39 is 0 Å². The highest BCUT2D eigenvalue weighted by molar-refractivity contribution is 8.26. The van der Waals surface area contributed by atoms with E-state index in [9.17, 15) is 4.79 Å². The normalized spacial score (nSPS) is 16.5. The lowest BCUT2D eigenvalue weighted by molar-refractivity contribution is -0.122. The first kappa shape index (κ1) is 18.0.